The third-order valence-corrected chi connectivity index (χ3v) is 3.54. The number of benzene rings is 1. The minimum Gasteiger partial charge on any atom is -0.306 e. The van der Waals surface area contributed by atoms with Crippen molar-refractivity contribution >= 4 is 27.7 Å². The van der Waals surface area contributed by atoms with Gasteiger partial charge in [0.2, 0.25) is 0 Å². The molecule has 0 heterocycles. The van der Waals surface area contributed by atoms with Gasteiger partial charge in [-0.2, -0.15) is 0 Å². The van der Waals surface area contributed by atoms with Crippen LogP contribution < -0.4 is 5.32 Å². The Bertz CT molecular complexity index is 352. The Morgan fingerprint density at radius 2 is 2.19 bits per heavy atom. The summed E-state index contributed by atoms with van der Waals surface area (Å²) in [6, 6.07) is 8.91. The molecule has 0 fully saturated rings. The van der Waals surface area contributed by atoms with Crippen molar-refractivity contribution in [3.8, 4) is 0 Å². The molecule has 1 unspecified atom stereocenters. The molecule has 3 heteroatoms. The van der Waals surface area contributed by atoms with Gasteiger partial charge in [-0.05, 0) is 24.3 Å². The Morgan fingerprint density at radius 3 is 2.81 bits per heavy atom. The average molecular weight is 300 g/mol. The maximum Gasteiger partial charge on any atom is 0.0306 e. The van der Waals surface area contributed by atoms with E-state index in [4.69, 9.17) is 0 Å². The summed E-state index contributed by atoms with van der Waals surface area (Å²) in [5.41, 5.74) is 1.36. The van der Waals surface area contributed by atoms with Gasteiger partial charge in [0.25, 0.3) is 0 Å². The maximum absolute atomic E-state index is 3.83. The molecule has 0 aromatic heterocycles. The van der Waals surface area contributed by atoms with Crippen molar-refractivity contribution in [1.82, 2.24) is 5.32 Å². The summed E-state index contributed by atoms with van der Waals surface area (Å²) in [4.78, 5) is 1.37. The van der Waals surface area contributed by atoms with E-state index < -0.39 is 0 Å². The predicted octanol–water partition coefficient (Wildman–Crippen LogP) is 4.36. The first-order chi connectivity index (χ1) is 7.65. The Labute approximate surface area is 111 Å². The zero-order chi connectivity index (χ0) is 12.0. The van der Waals surface area contributed by atoms with Crippen LogP contribution in [-0.4, -0.2) is 12.3 Å². The van der Waals surface area contributed by atoms with Gasteiger partial charge in [-0.25, -0.2) is 0 Å². The quantitative estimate of drug-likeness (QED) is 0.784. The van der Waals surface area contributed by atoms with Gasteiger partial charge < -0.3 is 5.32 Å². The number of halogens is 1. The Morgan fingerprint density at radius 1 is 1.50 bits per heavy atom. The second kappa shape index (κ2) is 7.15. The van der Waals surface area contributed by atoms with Crippen LogP contribution in [0.5, 0.6) is 0 Å². The lowest BCUT2D eigenvalue weighted by molar-refractivity contribution is 0.606. The van der Waals surface area contributed by atoms with E-state index in [9.17, 15) is 0 Å². The van der Waals surface area contributed by atoms with Gasteiger partial charge in [0.1, 0.15) is 0 Å². The van der Waals surface area contributed by atoms with E-state index in [1.54, 1.807) is 0 Å². The molecule has 0 radical (unpaired) electrons. The molecule has 0 aliphatic rings. The van der Waals surface area contributed by atoms with Crippen LogP contribution in [0.2, 0.25) is 0 Å². The summed E-state index contributed by atoms with van der Waals surface area (Å²) >= 11 is 5.25. The Balaban J connectivity index is 2.73. The van der Waals surface area contributed by atoms with Crippen molar-refractivity contribution in [2.24, 2.45) is 0 Å². The first-order valence-corrected chi connectivity index (χ1v) is 7.21. The lowest BCUT2D eigenvalue weighted by Gasteiger charge is -2.17. The molecular formula is C13H18BrNS. The van der Waals surface area contributed by atoms with Gasteiger partial charge >= 0.3 is 0 Å². The lowest BCUT2D eigenvalue weighted by atomic mass is 10.1. The van der Waals surface area contributed by atoms with E-state index in [-0.39, 0.29) is 0 Å². The first kappa shape index (κ1) is 13.8. The molecule has 0 saturated heterocycles. The van der Waals surface area contributed by atoms with Gasteiger partial charge in [0.15, 0.2) is 0 Å². The van der Waals surface area contributed by atoms with Gasteiger partial charge in [-0.1, -0.05) is 47.6 Å². The fraction of sp³-hybridized carbons (Fsp3) is 0.385. The van der Waals surface area contributed by atoms with E-state index >= 15 is 0 Å². The molecule has 0 saturated carbocycles. The molecule has 1 atom stereocenters. The summed E-state index contributed by atoms with van der Waals surface area (Å²) in [6.07, 6.45) is 0. The smallest absolute Gasteiger partial charge is 0.0306 e. The number of rotatable bonds is 6. The normalized spacial score (nSPS) is 12.4. The maximum atomic E-state index is 3.83. The third-order valence-electron chi connectivity index (χ3n) is 2.29. The molecule has 1 nitrogen and oxygen atoms in total. The molecule has 0 amide bonds. The van der Waals surface area contributed by atoms with Gasteiger partial charge in [-0.15, -0.1) is 11.8 Å². The molecule has 0 bridgehead atoms. The summed E-state index contributed by atoms with van der Waals surface area (Å²) < 4.78 is 0.986. The topological polar surface area (TPSA) is 12.0 Å². The van der Waals surface area contributed by atoms with E-state index in [0.29, 0.717) is 6.04 Å². The minimum absolute atomic E-state index is 0.351. The zero-order valence-corrected chi connectivity index (χ0v) is 12.2. The summed E-state index contributed by atoms with van der Waals surface area (Å²) in [5.74, 6) is 1.11. The second-order valence-corrected chi connectivity index (χ2v) is 6.02. The van der Waals surface area contributed by atoms with Crippen LogP contribution in [0.1, 0.15) is 25.5 Å². The zero-order valence-electron chi connectivity index (χ0n) is 9.79. The average Bonchev–Trinajstić information content (AvgIpc) is 2.27. The predicted molar refractivity (Wildman–Crippen MR) is 77.3 cm³/mol. The van der Waals surface area contributed by atoms with Crippen LogP contribution in [0.25, 0.3) is 0 Å². The van der Waals surface area contributed by atoms with Crippen LogP contribution >= 0.6 is 27.7 Å². The summed E-state index contributed by atoms with van der Waals surface area (Å²) in [7, 11) is 0. The van der Waals surface area contributed by atoms with Crippen molar-refractivity contribution in [3.05, 3.63) is 40.9 Å². The Hall–Kier alpha value is -0.250. The molecule has 16 heavy (non-hydrogen) atoms. The molecule has 1 N–H and O–H groups in total. The highest BCUT2D eigenvalue weighted by atomic mass is 79.9. The van der Waals surface area contributed by atoms with Crippen LogP contribution in [0, 0.1) is 0 Å². The fourth-order valence-electron chi connectivity index (χ4n) is 1.50. The largest absolute Gasteiger partial charge is 0.306 e. The molecule has 0 spiro atoms. The van der Waals surface area contributed by atoms with E-state index in [1.807, 2.05) is 11.8 Å². The highest BCUT2D eigenvalue weighted by Crippen LogP contribution is 2.27. The van der Waals surface area contributed by atoms with E-state index in [0.717, 1.165) is 16.8 Å². The molecule has 88 valence electrons. The van der Waals surface area contributed by atoms with E-state index in [2.05, 4.69) is 65.9 Å². The highest BCUT2D eigenvalue weighted by Gasteiger charge is 2.09. The van der Waals surface area contributed by atoms with Crippen LogP contribution in [-0.2, 0) is 0 Å². The number of thioether (sulfide) groups is 1. The van der Waals surface area contributed by atoms with Crippen molar-refractivity contribution in [2.75, 3.05) is 12.3 Å². The van der Waals surface area contributed by atoms with E-state index in [1.165, 1.54) is 10.5 Å². The molecule has 1 aromatic rings. The first-order valence-electron chi connectivity index (χ1n) is 5.43. The second-order valence-electron chi connectivity index (χ2n) is 3.59. The van der Waals surface area contributed by atoms with Crippen LogP contribution in [0.3, 0.4) is 0 Å². The summed E-state index contributed by atoms with van der Waals surface area (Å²) in [6.45, 7) is 8.99. The van der Waals surface area contributed by atoms with Crippen molar-refractivity contribution in [2.45, 2.75) is 24.8 Å². The standard InChI is InChI=1S/C13H18BrNS/c1-4-16-13-8-6-5-7-12(13)11(3)15-9-10(2)14/h5-8,11,15H,2,4,9H2,1,3H3. The van der Waals surface area contributed by atoms with Crippen molar-refractivity contribution < 1.29 is 0 Å². The van der Waals surface area contributed by atoms with Gasteiger partial charge in [-0.3, -0.25) is 0 Å². The third kappa shape index (κ3) is 4.32. The number of hydrogen-bond donors (Lipinski definition) is 1. The van der Waals surface area contributed by atoms with Crippen LogP contribution in [0.15, 0.2) is 40.2 Å². The molecule has 0 aliphatic heterocycles. The molecular weight excluding hydrogens is 282 g/mol. The van der Waals surface area contributed by atoms with Gasteiger partial charge in [0.05, 0.1) is 0 Å². The molecule has 1 rings (SSSR count). The Kier molecular flexibility index (Phi) is 6.17. The molecule has 1 aromatic carbocycles. The van der Waals surface area contributed by atoms with Crippen LogP contribution in [0.4, 0.5) is 0 Å². The highest BCUT2D eigenvalue weighted by molar-refractivity contribution is 9.11. The molecule has 0 aliphatic carbocycles. The SMILES string of the molecule is C=C(Br)CNC(C)c1ccccc1SCC. The van der Waals surface area contributed by atoms with Crippen molar-refractivity contribution in [3.63, 3.8) is 0 Å². The monoisotopic (exact) mass is 299 g/mol. The fourth-order valence-corrected chi connectivity index (χ4v) is 2.56. The van der Waals surface area contributed by atoms with Crippen molar-refractivity contribution in [1.29, 1.82) is 0 Å². The summed E-state index contributed by atoms with van der Waals surface area (Å²) in [5, 5.41) is 3.44. The number of hydrogen-bond acceptors (Lipinski definition) is 2. The minimum atomic E-state index is 0.351. The lowest BCUT2D eigenvalue weighted by Crippen LogP contribution is -2.20. The number of nitrogens with one attached hydrogen (secondary N) is 1. The van der Waals surface area contributed by atoms with Gasteiger partial charge in [0, 0.05) is 22.0 Å².